The summed E-state index contributed by atoms with van der Waals surface area (Å²) < 4.78 is 4.87. The molecule has 1 aromatic rings. The van der Waals surface area contributed by atoms with Crippen molar-refractivity contribution in [1.29, 1.82) is 0 Å². The van der Waals surface area contributed by atoms with Crippen LogP contribution >= 0.6 is 0 Å². The zero-order valence-electron chi connectivity index (χ0n) is 9.96. The molecule has 7 nitrogen and oxygen atoms in total. The molecule has 0 aliphatic carbocycles. The largest absolute Gasteiger partial charge is 0.462 e. The molecule has 7 heteroatoms. The average Bonchev–Trinajstić information content (AvgIpc) is 2.28. The highest BCUT2D eigenvalue weighted by atomic mass is 16.5. The van der Waals surface area contributed by atoms with Crippen LogP contribution in [0.25, 0.3) is 0 Å². The molecule has 96 valence electrons. The minimum Gasteiger partial charge on any atom is -0.462 e. The smallest absolute Gasteiger partial charge is 0.338 e. The lowest BCUT2D eigenvalue weighted by Gasteiger charge is -2.02. The number of hydrogen-bond donors (Lipinski definition) is 3. The summed E-state index contributed by atoms with van der Waals surface area (Å²) >= 11 is 0. The second-order valence-corrected chi connectivity index (χ2v) is 3.28. The maximum absolute atomic E-state index is 11.5. The van der Waals surface area contributed by atoms with E-state index in [1.165, 1.54) is 6.07 Å². The monoisotopic (exact) mass is 249 g/mol. The van der Waals surface area contributed by atoms with Crippen LogP contribution in [0.5, 0.6) is 0 Å². The Morgan fingerprint density at radius 3 is 2.67 bits per heavy atom. The third-order valence-corrected chi connectivity index (χ3v) is 1.84. The number of guanidine groups is 2. The minimum absolute atomic E-state index is 0.0870. The van der Waals surface area contributed by atoms with Gasteiger partial charge in [-0.2, -0.15) is 4.99 Å². The third kappa shape index (κ3) is 4.12. The summed E-state index contributed by atoms with van der Waals surface area (Å²) in [6.07, 6.45) is 0. The molecule has 0 aliphatic heterocycles. The van der Waals surface area contributed by atoms with E-state index in [0.29, 0.717) is 17.9 Å². The van der Waals surface area contributed by atoms with Crippen LogP contribution in [-0.4, -0.2) is 24.5 Å². The van der Waals surface area contributed by atoms with Crippen LogP contribution in [-0.2, 0) is 4.74 Å². The van der Waals surface area contributed by atoms with E-state index >= 15 is 0 Å². The van der Waals surface area contributed by atoms with E-state index < -0.39 is 5.97 Å². The summed E-state index contributed by atoms with van der Waals surface area (Å²) in [5.74, 6) is -0.691. The Balaban J connectivity index is 2.95. The van der Waals surface area contributed by atoms with Crippen molar-refractivity contribution in [3.63, 3.8) is 0 Å². The zero-order chi connectivity index (χ0) is 13.5. The second-order valence-electron chi connectivity index (χ2n) is 3.28. The van der Waals surface area contributed by atoms with Crippen molar-refractivity contribution in [2.24, 2.45) is 27.2 Å². The van der Waals surface area contributed by atoms with Crippen molar-refractivity contribution < 1.29 is 9.53 Å². The number of nitrogens with two attached hydrogens (primary N) is 3. The van der Waals surface area contributed by atoms with Gasteiger partial charge >= 0.3 is 5.97 Å². The molecule has 0 heterocycles. The Kier molecular flexibility index (Phi) is 4.67. The zero-order valence-corrected chi connectivity index (χ0v) is 9.96. The Hall–Kier alpha value is -2.57. The quantitative estimate of drug-likeness (QED) is 0.397. The van der Waals surface area contributed by atoms with Gasteiger partial charge in [0.2, 0.25) is 5.96 Å². The van der Waals surface area contributed by atoms with E-state index in [0.717, 1.165) is 0 Å². The van der Waals surface area contributed by atoms with Gasteiger partial charge in [-0.3, -0.25) is 0 Å². The number of carbonyl (C=O) groups excluding carboxylic acids is 1. The predicted molar refractivity (Wildman–Crippen MR) is 69.5 cm³/mol. The van der Waals surface area contributed by atoms with E-state index in [9.17, 15) is 4.79 Å². The topological polar surface area (TPSA) is 129 Å². The minimum atomic E-state index is -0.421. The number of aliphatic imine (C=N–C) groups is 2. The first-order chi connectivity index (χ1) is 8.52. The summed E-state index contributed by atoms with van der Waals surface area (Å²) in [4.78, 5) is 19.0. The number of rotatable bonds is 3. The van der Waals surface area contributed by atoms with Crippen LogP contribution in [0.2, 0.25) is 0 Å². The molecule has 0 aromatic heterocycles. The molecule has 0 saturated carbocycles. The van der Waals surface area contributed by atoms with Crippen LogP contribution in [0.4, 0.5) is 5.69 Å². The number of benzene rings is 1. The lowest BCUT2D eigenvalue weighted by molar-refractivity contribution is 0.0526. The summed E-state index contributed by atoms with van der Waals surface area (Å²) in [5.41, 5.74) is 16.6. The van der Waals surface area contributed by atoms with E-state index in [4.69, 9.17) is 21.9 Å². The molecule has 0 bridgehead atoms. The number of carbonyl (C=O) groups is 1. The fourth-order valence-corrected chi connectivity index (χ4v) is 1.21. The maximum atomic E-state index is 11.5. The Morgan fingerprint density at radius 2 is 2.06 bits per heavy atom. The Labute approximate surface area is 104 Å². The van der Waals surface area contributed by atoms with Gasteiger partial charge in [-0.1, -0.05) is 6.07 Å². The highest BCUT2D eigenvalue weighted by molar-refractivity contribution is 5.94. The molecule has 0 amide bonds. The molecule has 1 aromatic carbocycles. The van der Waals surface area contributed by atoms with Crippen LogP contribution < -0.4 is 17.2 Å². The Bertz CT molecular complexity index is 492. The number of esters is 1. The van der Waals surface area contributed by atoms with E-state index in [2.05, 4.69) is 9.98 Å². The molecule has 18 heavy (non-hydrogen) atoms. The van der Waals surface area contributed by atoms with Crippen molar-refractivity contribution in [1.82, 2.24) is 0 Å². The van der Waals surface area contributed by atoms with Crippen LogP contribution in [0.15, 0.2) is 34.3 Å². The van der Waals surface area contributed by atoms with Gasteiger partial charge in [0.05, 0.1) is 17.9 Å². The molecule has 0 unspecified atom stereocenters. The molecule has 0 saturated heterocycles. The fraction of sp³-hybridized carbons (Fsp3) is 0.182. The van der Waals surface area contributed by atoms with Crippen LogP contribution in [0.3, 0.4) is 0 Å². The van der Waals surface area contributed by atoms with Crippen molar-refractivity contribution in [3.8, 4) is 0 Å². The van der Waals surface area contributed by atoms with Gasteiger partial charge in [0.25, 0.3) is 0 Å². The maximum Gasteiger partial charge on any atom is 0.338 e. The summed E-state index contributed by atoms with van der Waals surface area (Å²) in [7, 11) is 0. The molecule has 0 spiro atoms. The van der Waals surface area contributed by atoms with Gasteiger partial charge in [0.1, 0.15) is 0 Å². The SMILES string of the molecule is CCOC(=O)c1cccc(N=C(N)N=C(N)N)c1. The molecule has 0 atom stereocenters. The fourth-order valence-electron chi connectivity index (χ4n) is 1.21. The van der Waals surface area contributed by atoms with Crippen molar-refractivity contribution >= 4 is 23.6 Å². The first-order valence-corrected chi connectivity index (χ1v) is 5.24. The summed E-state index contributed by atoms with van der Waals surface area (Å²) in [6, 6.07) is 6.48. The van der Waals surface area contributed by atoms with Crippen molar-refractivity contribution in [3.05, 3.63) is 29.8 Å². The van der Waals surface area contributed by atoms with Crippen LogP contribution in [0.1, 0.15) is 17.3 Å². The molecule has 0 aliphatic rings. The average molecular weight is 249 g/mol. The number of nitrogens with zero attached hydrogens (tertiary/aromatic N) is 2. The van der Waals surface area contributed by atoms with E-state index in [1.807, 2.05) is 0 Å². The molecule has 1 rings (SSSR count). The standard InChI is InChI=1S/C11H15N5O2/c1-2-18-9(17)7-4-3-5-8(6-7)15-11(14)16-10(12)13/h3-6H,2H2,1H3,(H6,12,13,14,15,16). The molecule has 0 fully saturated rings. The van der Waals surface area contributed by atoms with Crippen molar-refractivity contribution in [2.75, 3.05) is 6.61 Å². The first kappa shape index (κ1) is 13.5. The second kappa shape index (κ2) is 6.24. The lowest BCUT2D eigenvalue weighted by atomic mass is 10.2. The first-order valence-electron chi connectivity index (χ1n) is 5.24. The lowest BCUT2D eigenvalue weighted by Crippen LogP contribution is -2.26. The third-order valence-electron chi connectivity index (χ3n) is 1.84. The highest BCUT2D eigenvalue weighted by Gasteiger charge is 2.06. The normalized spacial score (nSPS) is 10.8. The molecular formula is C11H15N5O2. The van der Waals surface area contributed by atoms with Gasteiger partial charge < -0.3 is 21.9 Å². The van der Waals surface area contributed by atoms with Gasteiger partial charge in [0, 0.05) is 0 Å². The van der Waals surface area contributed by atoms with Crippen molar-refractivity contribution in [2.45, 2.75) is 6.92 Å². The number of ether oxygens (including phenoxy) is 1. The van der Waals surface area contributed by atoms with Crippen LogP contribution in [0, 0.1) is 0 Å². The molecular weight excluding hydrogens is 234 g/mol. The van der Waals surface area contributed by atoms with E-state index in [-0.39, 0.29) is 11.9 Å². The number of hydrogen-bond acceptors (Lipinski definition) is 3. The predicted octanol–water partition coefficient (Wildman–Crippen LogP) is 0.0829. The Morgan fingerprint density at radius 1 is 1.33 bits per heavy atom. The molecule has 0 radical (unpaired) electrons. The van der Waals surface area contributed by atoms with Gasteiger partial charge in [0.15, 0.2) is 5.96 Å². The van der Waals surface area contributed by atoms with Gasteiger partial charge in [-0.15, -0.1) is 0 Å². The summed E-state index contributed by atoms with van der Waals surface area (Å²) in [6.45, 7) is 2.04. The van der Waals surface area contributed by atoms with E-state index in [1.54, 1.807) is 25.1 Å². The van der Waals surface area contributed by atoms with Gasteiger partial charge in [-0.05, 0) is 25.1 Å². The molecule has 6 N–H and O–H groups in total. The highest BCUT2D eigenvalue weighted by Crippen LogP contribution is 2.15. The van der Waals surface area contributed by atoms with Gasteiger partial charge in [-0.25, -0.2) is 9.79 Å². The summed E-state index contributed by atoms with van der Waals surface area (Å²) in [5, 5.41) is 0.